The van der Waals surface area contributed by atoms with Gasteiger partial charge in [-0.3, -0.25) is 4.68 Å². The number of rotatable bonds is 8. The van der Waals surface area contributed by atoms with Crippen molar-refractivity contribution in [3.05, 3.63) is 12.4 Å². The lowest BCUT2D eigenvalue weighted by atomic mass is 10.1. The van der Waals surface area contributed by atoms with Gasteiger partial charge in [0.25, 0.3) is 10.2 Å². The minimum atomic E-state index is -3.43. The maximum absolute atomic E-state index is 12.4. The lowest BCUT2D eigenvalue weighted by Gasteiger charge is -2.34. The average Bonchev–Trinajstić information content (AvgIpc) is 2.98. The Labute approximate surface area is 126 Å². The second kappa shape index (κ2) is 7.83. The highest BCUT2D eigenvalue weighted by Gasteiger charge is 2.31. The predicted octanol–water partition coefficient (Wildman–Crippen LogP) is -0.423. The van der Waals surface area contributed by atoms with Crippen molar-refractivity contribution < 1.29 is 8.42 Å². The molecule has 0 amide bonds. The molecule has 1 aliphatic heterocycles. The SMILES string of the molecule is CCNCC1CCCCN1S(=O)(=O)NCCn1ccnn1. The van der Waals surface area contributed by atoms with Gasteiger partial charge in [0.05, 0.1) is 12.7 Å². The van der Waals surface area contributed by atoms with Gasteiger partial charge in [-0.1, -0.05) is 18.6 Å². The Kier molecular flexibility index (Phi) is 6.09. The zero-order valence-electron chi connectivity index (χ0n) is 12.4. The van der Waals surface area contributed by atoms with Crippen LogP contribution in [-0.4, -0.2) is 59.9 Å². The maximum Gasteiger partial charge on any atom is 0.279 e. The fraction of sp³-hybridized carbons (Fsp3) is 0.833. The molecule has 9 heteroatoms. The van der Waals surface area contributed by atoms with Gasteiger partial charge >= 0.3 is 0 Å². The van der Waals surface area contributed by atoms with Crippen molar-refractivity contribution in [1.82, 2.24) is 29.3 Å². The maximum atomic E-state index is 12.4. The molecule has 120 valence electrons. The van der Waals surface area contributed by atoms with Crippen LogP contribution in [0.25, 0.3) is 0 Å². The highest BCUT2D eigenvalue weighted by molar-refractivity contribution is 7.87. The van der Waals surface area contributed by atoms with Gasteiger partial charge in [-0.05, 0) is 19.4 Å². The van der Waals surface area contributed by atoms with Crippen molar-refractivity contribution in [2.75, 3.05) is 26.2 Å². The summed E-state index contributed by atoms with van der Waals surface area (Å²) in [5, 5.41) is 10.7. The molecule has 1 atom stereocenters. The van der Waals surface area contributed by atoms with Crippen LogP contribution in [-0.2, 0) is 16.8 Å². The Hall–Kier alpha value is -1.03. The van der Waals surface area contributed by atoms with Gasteiger partial charge in [0.1, 0.15) is 0 Å². The number of hydrogen-bond donors (Lipinski definition) is 2. The topological polar surface area (TPSA) is 92.2 Å². The van der Waals surface area contributed by atoms with Crippen LogP contribution in [0.15, 0.2) is 12.4 Å². The van der Waals surface area contributed by atoms with E-state index in [1.165, 1.54) is 0 Å². The van der Waals surface area contributed by atoms with E-state index >= 15 is 0 Å². The summed E-state index contributed by atoms with van der Waals surface area (Å²) in [5.41, 5.74) is 0. The van der Waals surface area contributed by atoms with Gasteiger partial charge in [-0.2, -0.15) is 12.7 Å². The van der Waals surface area contributed by atoms with Crippen molar-refractivity contribution in [3.8, 4) is 0 Å². The molecule has 0 bridgehead atoms. The van der Waals surface area contributed by atoms with E-state index in [1.54, 1.807) is 21.4 Å². The lowest BCUT2D eigenvalue weighted by Crippen LogP contribution is -2.52. The molecule has 1 fully saturated rings. The molecular weight excluding hydrogens is 292 g/mol. The van der Waals surface area contributed by atoms with E-state index < -0.39 is 10.2 Å². The minimum Gasteiger partial charge on any atom is -0.315 e. The molecule has 0 aliphatic carbocycles. The van der Waals surface area contributed by atoms with Gasteiger partial charge < -0.3 is 5.32 Å². The number of piperidine rings is 1. The third-order valence-corrected chi connectivity index (χ3v) is 5.28. The van der Waals surface area contributed by atoms with Crippen molar-refractivity contribution in [2.24, 2.45) is 0 Å². The second-order valence-electron chi connectivity index (χ2n) is 5.13. The van der Waals surface area contributed by atoms with Gasteiger partial charge in [0.15, 0.2) is 0 Å². The molecule has 1 aromatic heterocycles. The molecular formula is C12H24N6O2S. The molecule has 1 saturated heterocycles. The predicted molar refractivity (Wildman–Crippen MR) is 79.8 cm³/mol. The first-order valence-corrected chi connectivity index (χ1v) is 8.88. The fourth-order valence-electron chi connectivity index (χ4n) is 2.53. The van der Waals surface area contributed by atoms with E-state index in [-0.39, 0.29) is 6.04 Å². The summed E-state index contributed by atoms with van der Waals surface area (Å²) in [6, 6.07) is 0.0440. The first-order valence-electron chi connectivity index (χ1n) is 7.44. The van der Waals surface area contributed by atoms with Gasteiger partial charge in [0, 0.05) is 31.9 Å². The number of aromatic nitrogens is 3. The van der Waals surface area contributed by atoms with E-state index in [0.29, 0.717) is 26.2 Å². The second-order valence-corrected chi connectivity index (χ2v) is 6.84. The zero-order chi connectivity index (χ0) is 15.1. The lowest BCUT2D eigenvalue weighted by molar-refractivity contribution is 0.243. The molecule has 0 spiro atoms. The Morgan fingerprint density at radius 3 is 2.95 bits per heavy atom. The molecule has 2 heterocycles. The molecule has 0 aromatic carbocycles. The van der Waals surface area contributed by atoms with Crippen LogP contribution < -0.4 is 10.0 Å². The number of likely N-dealkylation sites (N-methyl/N-ethyl adjacent to an activating group) is 1. The Morgan fingerprint density at radius 1 is 1.38 bits per heavy atom. The summed E-state index contributed by atoms with van der Waals surface area (Å²) in [5.74, 6) is 0. The quantitative estimate of drug-likeness (QED) is 0.679. The van der Waals surface area contributed by atoms with Gasteiger partial charge in [0.2, 0.25) is 0 Å². The van der Waals surface area contributed by atoms with E-state index in [4.69, 9.17) is 0 Å². The Bertz CT molecular complexity index is 504. The smallest absolute Gasteiger partial charge is 0.279 e. The molecule has 1 aliphatic rings. The van der Waals surface area contributed by atoms with Crippen LogP contribution in [0.3, 0.4) is 0 Å². The summed E-state index contributed by atoms with van der Waals surface area (Å²) in [6.07, 6.45) is 6.21. The first kappa shape index (κ1) is 16.3. The minimum absolute atomic E-state index is 0.0440. The largest absolute Gasteiger partial charge is 0.315 e. The van der Waals surface area contributed by atoms with Crippen LogP contribution in [0, 0.1) is 0 Å². The Morgan fingerprint density at radius 2 is 2.24 bits per heavy atom. The summed E-state index contributed by atoms with van der Waals surface area (Å²) < 4.78 is 30.7. The molecule has 0 radical (unpaired) electrons. The molecule has 21 heavy (non-hydrogen) atoms. The highest BCUT2D eigenvalue weighted by Crippen LogP contribution is 2.19. The van der Waals surface area contributed by atoms with E-state index in [2.05, 4.69) is 20.4 Å². The zero-order valence-corrected chi connectivity index (χ0v) is 13.2. The van der Waals surface area contributed by atoms with Gasteiger partial charge in [-0.15, -0.1) is 5.10 Å². The summed E-state index contributed by atoms with van der Waals surface area (Å²) in [6.45, 7) is 4.97. The van der Waals surface area contributed by atoms with E-state index in [0.717, 1.165) is 25.8 Å². The Balaban J connectivity index is 1.89. The fourth-order valence-corrected chi connectivity index (χ4v) is 3.99. The summed E-state index contributed by atoms with van der Waals surface area (Å²) in [4.78, 5) is 0. The average molecular weight is 316 g/mol. The highest BCUT2D eigenvalue weighted by atomic mass is 32.2. The molecule has 8 nitrogen and oxygen atoms in total. The van der Waals surface area contributed by atoms with E-state index in [9.17, 15) is 8.42 Å². The van der Waals surface area contributed by atoms with Crippen molar-refractivity contribution in [1.29, 1.82) is 0 Å². The van der Waals surface area contributed by atoms with Crippen molar-refractivity contribution in [2.45, 2.75) is 38.8 Å². The number of nitrogens with one attached hydrogen (secondary N) is 2. The molecule has 1 aromatic rings. The number of hydrogen-bond acceptors (Lipinski definition) is 5. The first-order chi connectivity index (χ1) is 10.1. The monoisotopic (exact) mass is 316 g/mol. The van der Waals surface area contributed by atoms with Crippen molar-refractivity contribution >= 4 is 10.2 Å². The summed E-state index contributed by atoms with van der Waals surface area (Å²) >= 11 is 0. The van der Waals surface area contributed by atoms with Crippen LogP contribution in [0.2, 0.25) is 0 Å². The van der Waals surface area contributed by atoms with Gasteiger partial charge in [-0.25, -0.2) is 4.72 Å². The molecule has 2 rings (SSSR count). The third kappa shape index (κ3) is 4.73. The molecule has 1 unspecified atom stereocenters. The van der Waals surface area contributed by atoms with Crippen LogP contribution in [0.4, 0.5) is 0 Å². The van der Waals surface area contributed by atoms with Crippen LogP contribution >= 0.6 is 0 Å². The van der Waals surface area contributed by atoms with Crippen molar-refractivity contribution in [3.63, 3.8) is 0 Å². The summed E-state index contributed by atoms with van der Waals surface area (Å²) in [7, 11) is -3.43. The third-order valence-electron chi connectivity index (χ3n) is 3.61. The van der Waals surface area contributed by atoms with Crippen LogP contribution in [0.5, 0.6) is 0 Å². The van der Waals surface area contributed by atoms with E-state index in [1.807, 2.05) is 6.92 Å². The molecule has 2 N–H and O–H groups in total. The number of nitrogens with zero attached hydrogens (tertiary/aromatic N) is 4. The molecule has 0 saturated carbocycles. The standard InChI is InChI=1S/C12H24N6O2S/c1-2-13-11-12-5-3-4-8-18(12)21(19,20)15-7-10-17-9-6-14-16-17/h6,9,12-13,15H,2-5,7-8,10-11H2,1H3. The normalized spacial score (nSPS) is 20.7. The van der Waals surface area contributed by atoms with Crippen LogP contribution in [0.1, 0.15) is 26.2 Å².